The lowest BCUT2D eigenvalue weighted by Gasteiger charge is -2.51. The number of halogens is 2. The van der Waals surface area contributed by atoms with Crippen LogP contribution in [0.5, 0.6) is 0 Å². The summed E-state index contributed by atoms with van der Waals surface area (Å²) in [4.78, 5) is 26.8. The third-order valence-corrected chi connectivity index (χ3v) is 6.32. The van der Waals surface area contributed by atoms with Crippen molar-refractivity contribution in [2.24, 2.45) is 7.05 Å². The monoisotopic (exact) mass is 473 g/mol. The number of aromatic nitrogens is 1. The van der Waals surface area contributed by atoms with Crippen molar-refractivity contribution >= 4 is 45.8 Å². The molecule has 0 radical (unpaired) electrons. The molecule has 6 nitrogen and oxygen atoms in total. The average molecular weight is 474 g/mol. The van der Waals surface area contributed by atoms with Gasteiger partial charge in [0, 0.05) is 29.9 Å². The van der Waals surface area contributed by atoms with Gasteiger partial charge in [0.05, 0.1) is 28.7 Å². The molecule has 1 saturated heterocycles. The first-order chi connectivity index (χ1) is 15.0. The molecule has 0 bridgehead atoms. The van der Waals surface area contributed by atoms with E-state index in [0.29, 0.717) is 28.5 Å². The maximum atomic E-state index is 12.6. The van der Waals surface area contributed by atoms with Gasteiger partial charge in [-0.3, -0.25) is 4.79 Å². The van der Waals surface area contributed by atoms with Crippen LogP contribution in [-0.4, -0.2) is 34.3 Å². The Hall–Kier alpha value is -2.70. The summed E-state index contributed by atoms with van der Waals surface area (Å²) in [6, 6.07) is 13.0. The summed E-state index contributed by atoms with van der Waals surface area (Å²) in [5.74, 6) is 0. The van der Waals surface area contributed by atoms with E-state index in [1.54, 1.807) is 28.8 Å². The van der Waals surface area contributed by atoms with Crippen molar-refractivity contribution in [1.82, 2.24) is 9.47 Å². The van der Waals surface area contributed by atoms with E-state index in [-0.39, 0.29) is 11.7 Å². The maximum absolute atomic E-state index is 12.6. The lowest BCUT2D eigenvalue weighted by atomic mass is 9.82. The quantitative estimate of drug-likeness (QED) is 0.552. The van der Waals surface area contributed by atoms with Crippen LogP contribution in [0.15, 0.2) is 53.5 Å². The van der Waals surface area contributed by atoms with Crippen LogP contribution in [0.3, 0.4) is 0 Å². The minimum Gasteiger partial charge on any atom is -0.444 e. The van der Waals surface area contributed by atoms with Crippen molar-refractivity contribution in [1.29, 1.82) is 0 Å². The minimum absolute atomic E-state index is 0.0787. The summed E-state index contributed by atoms with van der Waals surface area (Å²) in [6.07, 6.45) is 1.36. The van der Waals surface area contributed by atoms with E-state index in [1.165, 1.54) is 0 Å². The third-order valence-electron chi connectivity index (χ3n) is 5.51. The molecule has 32 heavy (non-hydrogen) atoms. The number of anilines is 1. The number of rotatable bonds is 3. The average Bonchev–Trinajstić information content (AvgIpc) is 2.68. The van der Waals surface area contributed by atoms with Gasteiger partial charge in [0.25, 0.3) is 5.56 Å². The van der Waals surface area contributed by atoms with Gasteiger partial charge in [0.2, 0.25) is 0 Å². The molecular weight excluding hydrogens is 449 g/mol. The summed E-state index contributed by atoms with van der Waals surface area (Å²) in [6.45, 7) is 6.18. The zero-order chi connectivity index (χ0) is 23.3. The fourth-order valence-electron chi connectivity index (χ4n) is 3.94. The number of pyridine rings is 1. The van der Waals surface area contributed by atoms with E-state index in [2.05, 4.69) is 5.32 Å². The number of carbonyl (C=O) groups excluding carboxylic acids is 1. The maximum Gasteiger partial charge on any atom is 0.410 e. The van der Waals surface area contributed by atoms with Gasteiger partial charge < -0.3 is 19.5 Å². The zero-order valence-electron chi connectivity index (χ0n) is 18.4. The number of nitrogens with one attached hydrogen (secondary N) is 1. The van der Waals surface area contributed by atoms with Crippen molar-refractivity contribution < 1.29 is 9.53 Å². The summed E-state index contributed by atoms with van der Waals surface area (Å²) < 4.78 is 7.06. The molecule has 1 N–H and O–H groups in total. The molecule has 1 aromatic heterocycles. The molecule has 0 saturated carbocycles. The standard InChI is InChI=1S/C24H25Cl2N3O3/c1-23(2,3)32-22(31)29-13-24(14-29,18-6-5-7-19(25)20(18)26)27-16-9-8-15-10-11-28(4)21(30)17(15)12-16/h5-12,27H,13-14H2,1-4H3. The predicted octanol–water partition coefficient (Wildman–Crippen LogP) is 5.40. The number of carbonyl (C=O) groups is 1. The third kappa shape index (κ3) is 4.17. The highest BCUT2D eigenvalue weighted by Gasteiger charge is 2.49. The number of ether oxygens (including phenoxy) is 1. The van der Waals surface area contributed by atoms with Crippen molar-refractivity contribution in [3.8, 4) is 0 Å². The number of hydrogen-bond acceptors (Lipinski definition) is 4. The molecule has 3 aromatic rings. The second-order valence-electron chi connectivity index (χ2n) is 9.18. The highest BCUT2D eigenvalue weighted by molar-refractivity contribution is 6.42. The molecule has 168 valence electrons. The van der Waals surface area contributed by atoms with Crippen molar-refractivity contribution in [3.05, 3.63) is 74.6 Å². The van der Waals surface area contributed by atoms with E-state index < -0.39 is 11.1 Å². The SMILES string of the molecule is Cn1ccc2ccc(NC3(c4cccc(Cl)c4Cl)CN(C(=O)OC(C)(C)C)C3)cc2c1=O. The number of benzene rings is 2. The molecule has 0 unspecified atom stereocenters. The molecule has 1 amide bonds. The second-order valence-corrected chi connectivity index (χ2v) is 9.96. The van der Waals surface area contributed by atoms with E-state index in [0.717, 1.165) is 16.6 Å². The molecule has 0 aliphatic carbocycles. The lowest BCUT2D eigenvalue weighted by Crippen LogP contribution is -2.65. The highest BCUT2D eigenvalue weighted by Crippen LogP contribution is 2.42. The van der Waals surface area contributed by atoms with Crippen LogP contribution in [0.1, 0.15) is 26.3 Å². The van der Waals surface area contributed by atoms with Crippen molar-refractivity contribution in [2.45, 2.75) is 31.9 Å². The molecule has 0 atom stereocenters. The molecule has 8 heteroatoms. The van der Waals surface area contributed by atoms with Crippen LogP contribution >= 0.6 is 23.2 Å². The van der Waals surface area contributed by atoms with E-state index in [9.17, 15) is 9.59 Å². The largest absolute Gasteiger partial charge is 0.444 e. The number of likely N-dealkylation sites (tertiary alicyclic amines) is 1. The Morgan fingerprint density at radius 2 is 1.84 bits per heavy atom. The summed E-state index contributed by atoms with van der Waals surface area (Å²) >= 11 is 12.9. The number of fused-ring (bicyclic) bond motifs is 1. The summed E-state index contributed by atoms with van der Waals surface area (Å²) in [5, 5.41) is 5.86. The topological polar surface area (TPSA) is 63.6 Å². The van der Waals surface area contributed by atoms with Crippen LogP contribution in [0.2, 0.25) is 10.0 Å². The first-order valence-corrected chi connectivity index (χ1v) is 11.0. The minimum atomic E-state index is -0.674. The lowest BCUT2D eigenvalue weighted by molar-refractivity contribution is -0.00478. The molecule has 1 fully saturated rings. The van der Waals surface area contributed by atoms with Gasteiger partial charge >= 0.3 is 6.09 Å². The van der Waals surface area contributed by atoms with Crippen molar-refractivity contribution in [2.75, 3.05) is 18.4 Å². The van der Waals surface area contributed by atoms with Crippen LogP contribution in [0.25, 0.3) is 10.8 Å². The smallest absolute Gasteiger partial charge is 0.410 e. The van der Waals surface area contributed by atoms with Gasteiger partial charge in [0.15, 0.2) is 0 Å². The van der Waals surface area contributed by atoms with Crippen LogP contribution in [-0.2, 0) is 17.3 Å². The number of aryl methyl sites for hydroxylation is 1. The highest BCUT2D eigenvalue weighted by atomic mass is 35.5. The molecule has 4 rings (SSSR count). The molecule has 1 aliphatic heterocycles. The van der Waals surface area contributed by atoms with E-state index in [1.807, 2.05) is 57.2 Å². The van der Waals surface area contributed by atoms with Gasteiger partial charge in [-0.25, -0.2) is 4.79 Å². The summed E-state index contributed by atoms with van der Waals surface area (Å²) in [5.41, 5.74) is 0.194. The van der Waals surface area contributed by atoms with Crippen molar-refractivity contribution in [3.63, 3.8) is 0 Å². The Balaban J connectivity index is 1.71. The van der Waals surface area contributed by atoms with Gasteiger partial charge in [-0.15, -0.1) is 0 Å². The van der Waals surface area contributed by atoms with Crippen LogP contribution < -0.4 is 10.9 Å². The Bertz CT molecular complexity index is 1260. The number of amides is 1. The Morgan fingerprint density at radius 3 is 2.53 bits per heavy atom. The molecule has 2 aromatic carbocycles. The Kier molecular flexibility index (Phi) is 5.63. The Labute approximate surface area is 196 Å². The normalized spacial score (nSPS) is 15.4. The molecular formula is C24H25Cl2N3O3. The van der Waals surface area contributed by atoms with Gasteiger partial charge in [-0.05, 0) is 50.4 Å². The van der Waals surface area contributed by atoms with Gasteiger partial charge in [0.1, 0.15) is 5.60 Å². The summed E-state index contributed by atoms with van der Waals surface area (Å²) in [7, 11) is 1.72. The zero-order valence-corrected chi connectivity index (χ0v) is 19.9. The van der Waals surface area contributed by atoms with Crippen LogP contribution in [0, 0.1) is 0 Å². The molecule has 2 heterocycles. The fraction of sp³-hybridized carbons (Fsp3) is 0.333. The second kappa shape index (κ2) is 8.01. The number of nitrogens with zero attached hydrogens (tertiary/aromatic N) is 2. The first kappa shape index (κ1) is 22.5. The predicted molar refractivity (Wildman–Crippen MR) is 129 cm³/mol. The first-order valence-electron chi connectivity index (χ1n) is 10.3. The van der Waals surface area contributed by atoms with E-state index >= 15 is 0 Å². The van der Waals surface area contributed by atoms with E-state index in [4.69, 9.17) is 27.9 Å². The molecule has 1 aliphatic rings. The van der Waals surface area contributed by atoms with Gasteiger partial charge in [-0.1, -0.05) is 41.4 Å². The fourth-order valence-corrected chi connectivity index (χ4v) is 4.42. The number of hydrogen-bond donors (Lipinski definition) is 1. The van der Waals surface area contributed by atoms with Gasteiger partial charge in [-0.2, -0.15) is 0 Å². The molecule has 0 spiro atoms. The van der Waals surface area contributed by atoms with Crippen LogP contribution in [0.4, 0.5) is 10.5 Å². The Morgan fingerprint density at radius 1 is 1.12 bits per heavy atom.